The zero-order chi connectivity index (χ0) is 49.5. The van der Waals surface area contributed by atoms with Crippen molar-refractivity contribution in [1.82, 2.24) is 4.57 Å². The fourth-order valence-corrected chi connectivity index (χ4v) is 12.7. The van der Waals surface area contributed by atoms with E-state index in [2.05, 4.69) is 301 Å². The van der Waals surface area contributed by atoms with Gasteiger partial charge in [0.2, 0.25) is 0 Å². The van der Waals surface area contributed by atoms with Gasteiger partial charge in [0, 0.05) is 33.5 Å². The lowest BCUT2D eigenvalue weighted by Crippen LogP contribution is -2.28. The van der Waals surface area contributed by atoms with E-state index in [1.165, 1.54) is 110 Å². The van der Waals surface area contributed by atoms with E-state index in [0.717, 1.165) is 22.7 Å². The molecule has 1 heterocycles. The second-order valence-electron chi connectivity index (χ2n) is 20.0. The topological polar surface area (TPSA) is 8.17 Å². The molecule has 0 fully saturated rings. The molecule has 0 bridgehead atoms. The molecule has 1 aliphatic carbocycles. The molecule has 350 valence electrons. The highest BCUT2D eigenvalue weighted by atomic mass is 15.1. The zero-order valence-corrected chi connectivity index (χ0v) is 41.1. The van der Waals surface area contributed by atoms with Gasteiger partial charge >= 0.3 is 0 Å². The summed E-state index contributed by atoms with van der Waals surface area (Å²) >= 11 is 0. The van der Waals surface area contributed by atoms with Crippen LogP contribution >= 0.6 is 0 Å². The van der Waals surface area contributed by atoms with Gasteiger partial charge in [-0.05, 0) is 167 Å². The normalized spacial score (nSPS) is 12.6. The van der Waals surface area contributed by atoms with Crippen LogP contribution in [0.15, 0.2) is 291 Å². The Hall–Kier alpha value is -9.76. The number of aromatic nitrogens is 1. The Kier molecular flexibility index (Phi) is 9.83. The van der Waals surface area contributed by atoms with Crippen molar-refractivity contribution in [2.24, 2.45) is 0 Å². The predicted molar refractivity (Wildman–Crippen MR) is 316 cm³/mol. The summed E-state index contributed by atoms with van der Waals surface area (Å²) in [6.07, 6.45) is 0. The van der Waals surface area contributed by atoms with Gasteiger partial charge in [-0.25, -0.2) is 0 Å². The monoisotopic (exact) mass is 952 g/mol. The highest BCUT2D eigenvalue weighted by Gasteiger charge is 2.46. The van der Waals surface area contributed by atoms with Crippen molar-refractivity contribution in [1.29, 1.82) is 0 Å². The quantitative estimate of drug-likeness (QED) is 0.138. The summed E-state index contributed by atoms with van der Waals surface area (Å²) in [6.45, 7) is 0. The fourth-order valence-electron chi connectivity index (χ4n) is 12.7. The lowest BCUT2D eigenvalue weighted by molar-refractivity contribution is 0.769. The molecular weight excluding hydrogens is 905 g/mol. The third-order valence-electron chi connectivity index (χ3n) is 16.0. The van der Waals surface area contributed by atoms with E-state index in [1.807, 2.05) is 0 Å². The Morgan fingerprint density at radius 3 is 1.24 bits per heavy atom. The maximum Gasteiger partial charge on any atom is 0.0713 e. The highest BCUT2D eigenvalue weighted by molar-refractivity contribution is 6.25. The van der Waals surface area contributed by atoms with Crippen LogP contribution in [0.4, 0.5) is 17.1 Å². The third kappa shape index (κ3) is 6.66. The maximum absolute atomic E-state index is 2.48. The second kappa shape index (κ2) is 17.2. The molecule has 0 aliphatic heterocycles. The minimum Gasteiger partial charge on any atom is -0.311 e. The first-order chi connectivity index (χ1) is 37.2. The number of anilines is 3. The van der Waals surface area contributed by atoms with E-state index in [9.17, 15) is 0 Å². The number of benzene rings is 13. The largest absolute Gasteiger partial charge is 0.311 e. The second-order valence-corrected chi connectivity index (χ2v) is 20.0. The maximum atomic E-state index is 2.48. The van der Waals surface area contributed by atoms with Crippen molar-refractivity contribution in [2.75, 3.05) is 4.90 Å². The van der Waals surface area contributed by atoms with Crippen LogP contribution in [-0.2, 0) is 5.41 Å². The smallest absolute Gasteiger partial charge is 0.0713 e. The molecule has 0 amide bonds. The first-order valence-corrected chi connectivity index (χ1v) is 26.0. The molecule has 2 heteroatoms. The molecular formula is C73H48N2. The molecule has 0 N–H and O–H groups in total. The Labute approximate surface area is 436 Å². The number of nitrogens with zero attached hydrogens (tertiary/aromatic N) is 2. The number of hydrogen-bond acceptors (Lipinski definition) is 1. The van der Waals surface area contributed by atoms with Gasteiger partial charge in [-0.3, -0.25) is 0 Å². The summed E-state index contributed by atoms with van der Waals surface area (Å²) in [5, 5.41) is 10.0. The van der Waals surface area contributed by atoms with Gasteiger partial charge in [0.25, 0.3) is 0 Å². The van der Waals surface area contributed by atoms with Gasteiger partial charge in [-0.15, -0.1) is 0 Å². The molecule has 0 saturated carbocycles. The van der Waals surface area contributed by atoms with Gasteiger partial charge in [-0.2, -0.15) is 0 Å². The highest BCUT2D eigenvalue weighted by Crippen LogP contribution is 2.57. The SMILES string of the molecule is c1ccc(N(c2ccccc2)c2ccc(-c3ccc4c(c3)c3cc(-c5ccc6c(c5)C(c5ccccc5)(c5ccccc5)c5ccccc5-6)ccc3n4-c3ccc4c5ccccc5c5ccccc5c4c3)cc2)cc1. The van der Waals surface area contributed by atoms with Gasteiger partial charge in [0.05, 0.1) is 16.4 Å². The van der Waals surface area contributed by atoms with Gasteiger partial charge in [-0.1, -0.05) is 212 Å². The van der Waals surface area contributed by atoms with Gasteiger partial charge in [0.1, 0.15) is 0 Å². The Bertz CT molecular complexity index is 4390. The average molecular weight is 953 g/mol. The zero-order valence-electron chi connectivity index (χ0n) is 41.1. The lowest BCUT2D eigenvalue weighted by atomic mass is 9.67. The van der Waals surface area contributed by atoms with Crippen molar-refractivity contribution in [3.8, 4) is 39.1 Å². The van der Waals surface area contributed by atoms with Crippen LogP contribution in [0, 0.1) is 0 Å². The summed E-state index contributed by atoms with van der Waals surface area (Å²) in [5.41, 5.74) is 18.8. The first-order valence-electron chi connectivity index (χ1n) is 26.0. The van der Waals surface area contributed by atoms with Gasteiger partial charge < -0.3 is 9.47 Å². The first kappa shape index (κ1) is 42.9. The summed E-state index contributed by atoms with van der Waals surface area (Å²) < 4.78 is 2.48. The van der Waals surface area contributed by atoms with Crippen LogP contribution in [0.1, 0.15) is 22.3 Å². The molecule has 0 saturated heterocycles. The molecule has 1 aliphatic rings. The van der Waals surface area contributed by atoms with Crippen molar-refractivity contribution < 1.29 is 0 Å². The van der Waals surface area contributed by atoms with Gasteiger partial charge in [0.15, 0.2) is 0 Å². The molecule has 15 rings (SSSR count). The Balaban J connectivity index is 0.931. The molecule has 14 aromatic rings. The van der Waals surface area contributed by atoms with E-state index in [0.29, 0.717) is 0 Å². The fraction of sp³-hybridized carbons (Fsp3) is 0.0137. The third-order valence-corrected chi connectivity index (χ3v) is 16.0. The molecule has 2 nitrogen and oxygen atoms in total. The summed E-state index contributed by atoms with van der Waals surface area (Å²) in [4.78, 5) is 2.32. The molecule has 0 radical (unpaired) electrons. The summed E-state index contributed by atoms with van der Waals surface area (Å²) in [5.74, 6) is 0. The van der Waals surface area contributed by atoms with E-state index < -0.39 is 5.41 Å². The molecule has 1 aromatic heterocycles. The Morgan fingerprint density at radius 2 is 0.667 bits per heavy atom. The van der Waals surface area contributed by atoms with Crippen LogP contribution in [-0.4, -0.2) is 4.57 Å². The number of hydrogen-bond donors (Lipinski definition) is 0. The standard InChI is InChI=1S/C73H48N2/c1-5-19-53(20-6-1)73(54-21-7-2-8-22-54)69-32-18-17-31-64(69)65-41-35-52(47-70(65)73)51-37-44-72-68(46-51)67-45-50(49-33-38-57(39-34-49)74(55-23-9-3-10-24-55)56-25-11-4-12-26-56)36-43-71(67)75(72)58-40-42-63-61-29-14-13-27-59(61)60-28-15-16-30-62(60)66(63)48-58/h1-48H. The number of fused-ring (bicyclic) bond motifs is 12. The van der Waals surface area contributed by atoms with E-state index in [1.54, 1.807) is 0 Å². The van der Waals surface area contributed by atoms with Crippen LogP contribution in [0.3, 0.4) is 0 Å². The molecule has 0 atom stereocenters. The number of rotatable bonds is 8. The lowest BCUT2D eigenvalue weighted by Gasteiger charge is -2.34. The molecule has 13 aromatic carbocycles. The van der Waals surface area contributed by atoms with Crippen molar-refractivity contribution in [3.05, 3.63) is 313 Å². The van der Waals surface area contributed by atoms with E-state index in [4.69, 9.17) is 0 Å². The van der Waals surface area contributed by atoms with Crippen molar-refractivity contribution in [3.63, 3.8) is 0 Å². The minimum atomic E-state index is -0.486. The summed E-state index contributed by atoms with van der Waals surface area (Å²) in [6, 6.07) is 108. The number of para-hydroxylation sites is 2. The molecule has 0 unspecified atom stereocenters. The van der Waals surface area contributed by atoms with Crippen LogP contribution < -0.4 is 4.90 Å². The summed E-state index contributed by atoms with van der Waals surface area (Å²) in [7, 11) is 0. The molecule has 75 heavy (non-hydrogen) atoms. The van der Waals surface area contributed by atoms with Crippen molar-refractivity contribution in [2.45, 2.75) is 5.41 Å². The van der Waals surface area contributed by atoms with Crippen LogP contribution in [0.25, 0.3) is 93.2 Å². The van der Waals surface area contributed by atoms with Crippen LogP contribution in [0.5, 0.6) is 0 Å². The van der Waals surface area contributed by atoms with Crippen molar-refractivity contribution >= 4 is 71.2 Å². The minimum absolute atomic E-state index is 0.486. The predicted octanol–water partition coefficient (Wildman–Crippen LogP) is 19.4. The van der Waals surface area contributed by atoms with E-state index in [-0.39, 0.29) is 0 Å². The van der Waals surface area contributed by atoms with E-state index >= 15 is 0 Å². The molecule has 0 spiro atoms. The van der Waals surface area contributed by atoms with Crippen LogP contribution in [0.2, 0.25) is 0 Å². The average Bonchev–Trinajstić information content (AvgIpc) is 4.13. The Morgan fingerprint density at radius 1 is 0.253 bits per heavy atom.